The molecular weight excluding hydrogens is 234 g/mol. The van der Waals surface area contributed by atoms with Gasteiger partial charge in [0.1, 0.15) is 0 Å². The molecule has 0 unspecified atom stereocenters. The van der Waals surface area contributed by atoms with E-state index >= 15 is 0 Å². The van der Waals surface area contributed by atoms with Gasteiger partial charge in [-0.3, -0.25) is 4.98 Å². The van der Waals surface area contributed by atoms with Crippen molar-refractivity contribution in [3.63, 3.8) is 0 Å². The molecule has 3 heteroatoms. The summed E-state index contributed by atoms with van der Waals surface area (Å²) in [4.78, 5) is 6.90. The van der Waals surface area contributed by atoms with Gasteiger partial charge in [-0.05, 0) is 18.6 Å². The highest BCUT2D eigenvalue weighted by Gasteiger charge is 2.08. The molecule has 1 aromatic heterocycles. The van der Waals surface area contributed by atoms with Gasteiger partial charge in [-0.15, -0.1) is 0 Å². The van der Waals surface area contributed by atoms with Crippen LogP contribution in [-0.2, 0) is 6.54 Å². The number of pyridine rings is 1. The number of benzene rings is 1. The summed E-state index contributed by atoms with van der Waals surface area (Å²) in [5.74, 6) is 0. The first-order valence-electron chi connectivity index (χ1n) is 7.06. The maximum atomic E-state index is 5.75. The van der Waals surface area contributed by atoms with Crippen molar-refractivity contribution in [2.24, 2.45) is 5.73 Å². The first-order chi connectivity index (χ1) is 9.26. The molecule has 0 amide bonds. The van der Waals surface area contributed by atoms with Crippen LogP contribution in [0.15, 0.2) is 30.3 Å². The number of para-hydroxylation sites is 1. The highest BCUT2D eigenvalue weighted by Crippen LogP contribution is 2.26. The van der Waals surface area contributed by atoms with E-state index in [0.29, 0.717) is 6.54 Å². The average molecular weight is 257 g/mol. The van der Waals surface area contributed by atoms with E-state index in [1.807, 2.05) is 6.07 Å². The van der Waals surface area contributed by atoms with Crippen LogP contribution in [0.1, 0.15) is 31.9 Å². The van der Waals surface area contributed by atoms with E-state index in [2.05, 4.69) is 48.1 Å². The monoisotopic (exact) mass is 257 g/mol. The Morgan fingerprint density at radius 1 is 1.21 bits per heavy atom. The maximum Gasteiger partial charge on any atom is 0.0726 e. The minimum Gasteiger partial charge on any atom is -0.374 e. The predicted molar refractivity (Wildman–Crippen MR) is 82.4 cm³/mol. The molecule has 0 aliphatic rings. The van der Waals surface area contributed by atoms with Crippen LogP contribution in [0.4, 0.5) is 5.69 Å². The van der Waals surface area contributed by atoms with Gasteiger partial charge in [0.15, 0.2) is 0 Å². The van der Waals surface area contributed by atoms with E-state index < -0.39 is 0 Å². The molecular formula is C16H23N3. The largest absolute Gasteiger partial charge is 0.374 e. The SMILES string of the molecule is CCCCCN(C)c1cc(CN)nc2ccccc12. The van der Waals surface area contributed by atoms with Crippen molar-refractivity contribution in [2.75, 3.05) is 18.5 Å². The van der Waals surface area contributed by atoms with Crippen molar-refractivity contribution < 1.29 is 0 Å². The number of nitrogens with zero attached hydrogens (tertiary/aromatic N) is 2. The number of hydrogen-bond acceptors (Lipinski definition) is 3. The quantitative estimate of drug-likeness (QED) is 0.807. The van der Waals surface area contributed by atoms with E-state index in [4.69, 9.17) is 5.73 Å². The number of aromatic nitrogens is 1. The molecule has 0 bridgehead atoms. The molecule has 102 valence electrons. The van der Waals surface area contributed by atoms with Gasteiger partial charge in [0.05, 0.1) is 11.2 Å². The zero-order valence-electron chi connectivity index (χ0n) is 11.9. The van der Waals surface area contributed by atoms with Gasteiger partial charge < -0.3 is 10.6 Å². The van der Waals surface area contributed by atoms with Gasteiger partial charge in [-0.2, -0.15) is 0 Å². The Bertz CT molecular complexity index is 537. The molecule has 2 aromatic rings. The lowest BCUT2D eigenvalue weighted by molar-refractivity contribution is 0.705. The van der Waals surface area contributed by atoms with Gasteiger partial charge >= 0.3 is 0 Å². The molecule has 1 heterocycles. The Hall–Kier alpha value is -1.61. The summed E-state index contributed by atoms with van der Waals surface area (Å²) < 4.78 is 0. The van der Waals surface area contributed by atoms with Crippen molar-refractivity contribution in [1.29, 1.82) is 0 Å². The van der Waals surface area contributed by atoms with E-state index in [1.165, 1.54) is 30.3 Å². The number of rotatable bonds is 6. The third kappa shape index (κ3) is 3.24. The first kappa shape index (κ1) is 13.8. The molecule has 2 N–H and O–H groups in total. The molecule has 0 radical (unpaired) electrons. The van der Waals surface area contributed by atoms with Crippen LogP contribution in [0.25, 0.3) is 10.9 Å². The molecule has 1 aromatic carbocycles. The zero-order chi connectivity index (χ0) is 13.7. The van der Waals surface area contributed by atoms with Crippen LogP contribution in [0.5, 0.6) is 0 Å². The summed E-state index contributed by atoms with van der Waals surface area (Å²) in [7, 11) is 2.15. The highest BCUT2D eigenvalue weighted by molar-refractivity contribution is 5.91. The van der Waals surface area contributed by atoms with E-state index in [-0.39, 0.29) is 0 Å². The number of unbranched alkanes of at least 4 members (excludes halogenated alkanes) is 2. The smallest absolute Gasteiger partial charge is 0.0726 e. The Morgan fingerprint density at radius 3 is 2.74 bits per heavy atom. The Kier molecular flexibility index (Phi) is 4.74. The first-order valence-corrected chi connectivity index (χ1v) is 7.06. The molecule has 0 saturated heterocycles. The van der Waals surface area contributed by atoms with Crippen LogP contribution < -0.4 is 10.6 Å². The topological polar surface area (TPSA) is 42.1 Å². The molecule has 19 heavy (non-hydrogen) atoms. The van der Waals surface area contributed by atoms with Crippen LogP contribution in [-0.4, -0.2) is 18.6 Å². The second-order valence-electron chi connectivity index (χ2n) is 4.98. The fourth-order valence-corrected chi connectivity index (χ4v) is 2.35. The van der Waals surface area contributed by atoms with Crippen molar-refractivity contribution in [2.45, 2.75) is 32.7 Å². The van der Waals surface area contributed by atoms with Gasteiger partial charge in [0.2, 0.25) is 0 Å². The maximum absolute atomic E-state index is 5.75. The summed E-state index contributed by atoms with van der Waals surface area (Å²) in [6, 6.07) is 10.4. The zero-order valence-corrected chi connectivity index (χ0v) is 11.9. The fraction of sp³-hybridized carbons (Fsp3) is 0.438. The van der Waals surface area contributed by atoms with Gasteiger partial charge in [-0.1, -0.05) is 38.0 Å². The average Bonchev–Trinajstić information content (AvgIpc) is 2.46. The molecule has 0 aliphatic heterocycles. The lowest BCUT2D eigenvalue weighted by Crippen LogP contribution is -2.19. The minimum absolute atomic E-state index is 0.487. The van der Waals surface area contributed by atoms with Gasteiger partial charge in [0, 0.05) is 31.2 Å². The molecule has 0 atom stereocenters. The second-order valence-corrected chi connectivity index (χ2v) is 4.98. The van der Waals surface area contributed by atoms with Crippen molar-refractivity contribution >= 4 is 16.6 Å². The molecule has 0 fully saturated rings. The van der Waals surface area contributed by atoms with Crippen LogP contribution in [0.3, 0.4) is 0 Å². The second kappa shape index (κ2) is 6.53. The standard InChI is InChI=1S/C16H23N3/c1-3-4-7-10-19(2)16-11-13(12-17)18-15-9-6-5-8-14(15)16/h5-6,8-9,11H,3-4,7,10,12,17H2,1-2H3. The summed E-state index contributed by atoms with van der Waals surface area (Å²) in [6.07, 6.45) is 3.75. The number of nitrogens with two attached hydrogens (primary N) is 1. The van der Waals surface area contributed by atoms with E-state index in [0.717, 1.165) is 17.8 Å². The number of hydrogen-bond donors (Lipinski definition) is 1. The van der Waals surface area contributed by atoms with Crippen molar-refractivity contribution in [3.05, 3.63) is 36.0 Å². The molecule has 3 nitrogen and oxygen atoms in total. The van der Waals surface area contributed by atoms with Gasteiger partial charge in [0.25, 0.3) is 0 Å². The van der Waals surface area contributed by atoms with E-state index in [1.54, 1.807) is 0 Å². The number of anilines is 1. The van der Waals surface area contributed by atoms with Crippen molar-refractivity contribution in [3.8, 4) is 0 Å². The van der Waals surface area contributed by atoms with Crippen LogP contribution in [0.2, 0.25) is 0 Å². The number of fused-ring (bicyclic) bond motifs is 1. The lowest BCUT2D eigenvalue weighted by atomic mass is 10.1. The summed E-state index contributed by atoms with van der Waals surface area (Å²) in [5, 5.41) is 1.21. The van der Waals surface area contributed by atoms with Crippen LogP contribution in [0, 0.1) is 0 Å². The summed E-state index contributed by atoms with van der Waals surface area (Å²) >= 11 is 0. The van der Waals surface area contributed by atoms with Crippen LogP contribution >= 0.6 is 0 Å². The molecule has 2 rings (SSSR count). The molecule has 0 aliphatic carbocycles. The molecule has 0 spiro atoms. The van der Waals surface area contributed by atoms with E-state index in [9.17, 15) is 0 Å². The summed E-state index contributed by atoms with van der Waals surface area (Å²) in [6.45, 7) is 3.79. The molecule has 0 saturated carbocycles. The van der Waals surface area contributed by atoms with Gasteiger partial charge in [-0.25, -0.2) is 0 Å². The Labute approximate surface area is 115 Å². The van der Waals surface area contributed by atoms with Crippen molar-refractivity contribution in [1.82, 2.24) is 4.98 Å². The Balaban J connectivity index is 2.34. The predicted octanol–water partition coefficient (Wildman–Crippen LogP) is 3.32. The fourth-order valence-electron chi connectivity index (χ4n) is 2.35. The summed E-state index contributed by atoms with van der Waals surface area (Å²) in [5.41, 5.74) is 8.97. The highest BCUT2D eigenvalue weighted by atomic mass is 15.1. The Morgan fingerprint density at radius 2 is 2.00 bits per heavy atom. The third-order valence-corrected chi connectivity index (χ3v) is 3.46. The third-order valence-electron chi connectivity index (χ3n) is 3.46. The lowest BCUT2D eigenvalue weighted by Gasteiger charge is -2.21. The normalized spacial score (nSPS) is 10.9. The minimum atomic E-state index is 0.487.